The number of amides is 1. The number of rotatable bonds is 4. The molecular weight excluding hydrogens is 440 g/mol. The third kappa shape index (κ3) is 4.23. The molecule has 0 saturated carbocycles. The van der Waals surface area contributed by atoms with Crippen molar-refractivity contribution in [3.8, 4) is 11.3 Å². The largest absolute Gasteiger partial charge is 0.355 e. The van der Waals surface area contributed by atoms with E-state index in [2.05, 4.69) is 42.4 Å². The fourth-order valence-corrected chi connectivity index (χ4v) is 5.10. The number of aryl methyl sites for hydroxylation is 1. The number of nitrogens with zero attached hydrogens (tertiary/aromatic N) is 7. The zero-order valence-electron chi connectivity index (χ0n) is 20.0. The van der Waals surface area contributed by atoms with Crippen LogP contribution in [-0.2, 0) is 7.05 Å². The van der Waals surface area contributed by atoms with Gasteiger partial charge in [0.05, 0.1) is 6.20 Å². The topological polar surface area (TPSA) is 92.1 Å². The van der Waals surface area contributed by atoms with Gasteiger partial charge in [-0.3, -0.25) is 9.48 Å². The van der Waals surface area contributed by atoms with Gasteiger partial charge in [-0.05, 0) is 62.6 Å². The number of aromatic nitrogens is 5. The Kier molecular flexibility index (Phi) is 5.21. The lowest BCUT2D eigenvalue weighted by Crippen LogP contribution is -2.60. The number of hydrogen-bond acceptors (Lipinski definition) is 7. The van der Waals surface area contributed by atoms with Crippen LogP contribution in [0.15, 0.2) is 55.0 Å². The van der Waals surface area contributed by atoms with Gasteiger partial charge in [-0.1, -0.05) is 17.3 Å². The Morgan fingerprint density at radius 1 is 1.00 bits per heavy atom. The summed E-state index contributed by atoms with van der Waals surface area (Å²) in [4.78, 5) is 26.7. The number of fused-ring (bicyclic) bond motifs is 1. The van der Waals surface area contributed by atoms with Crippen LogP contribution >= 0.6 is 0 Å². The van der Waals surface area contributed by atoms with Crippen LogP contribution in [0.2, 0.25) is 0 Å². The van der Waals surface area contributed by atoms with Crippen molar-refractivity contribution in [3.05, 3.63) is 60.6 Å². The minimum Gasteiger partial charge on any atom is -0.355 e. The second-order valence-electron chi connectivity index (χ2n) is 9.93. The molecule has 1 N–H and O–H groups in total. The third-order valence-corrected chi connectivity index (χ3v) is 7.29. The predicted octanol–water partition coefficient (Wildman–Crippen LogP) is 3.21. The summed E-state index contributed by atoms with van der Waals surface area (Å²) in [5, 5.41) is 13.1. The molecule has 1 aromatic carbocycles. The number of anilines is 2. The normalized spacial score (nSPS) is 17.5. The Hall–Kier alpha value is -3.85. The van der Waals surface area contributed by atoms with E-state index in [9.17, 15) is 4.79 Å². The first-order valence-electron chi connectivity index (χ1n) is 11.9. The lowest BCUT2D eigenvalue weighted by molar-refractivity contribution is 0.0900. The summed E-state index contributed by atoms with van der Waals surface area (Å²) in [5.41, 5.74) is 2.75. The number of likely N-dealkylation sites (tertiary alicyclic amines) is 1. The number of nitrogens with one attached hydrogen (secondary N) is 1. The van der Waals surface area contributed by atoms with Crippen LogP contribution in [0.4, 0.5) is 11.6 Å². The summed E-state index contributed by atoms with van der Waals surface area (Å²) >= 11 is 0. The fraction of sp³-hybridized carbons (Fsp3) is 0.346. The molecule has 5 heterocycles. The second kappa shape index (κ2) is 8.42. The molecule has 9 nitrogen and oxygen atoms in total. The van der Waals surface area contributed by atoms with Crippen molar-refractivity contribution in [2.45, 2.75) is 12.8 Å². The highest BCUT2D eigenvalue weighted by molar-refractivity contribution is 6.05. The van der Waals surface area contributed by atoms with Gasteiger partial charge < -0.3 is 15.1 Å². The Morgan fingerprint density at radius 2 is 1.83 bits per heavy atom. The van der Waals surface area contributed by atoms with E-state index in [0.717, 1.165) is 54.0 Å². The first-order chi connectivity index (χ1) is 17.0. The number of hydrogen-bond donors (Lipinski definition) is 1. The molecule has 1 amide bonds. The molecule has 2 aliphatic heterocycles. The summed E-state index contributed by atoms with van der Waals surface area (Å²) in [6.45, 7) is 4.34. The number of carbonyl (C=O) groups is 1. The summed E-state index contributed by atoms with van der Waals surface area (Å²) in [6, 6.07) is 11.5. The van der Waals surface area contributed by atoms with E-state index in [1.54, 1.807) is 23.1 Å². The second-order valence-corrected chi connectivity index (χ2v) is 9.93. The molecule has 2 aliphatic rings. The smallest absolute Gasteiger partial charge is 0.257 e. The monoisotopic (exact) mass is 468 g/mol. The van der Waals surface area contributed by atoms with Crippen molar-refractivity contribution >= 4 is 28.3 Å². The van der Waals surface area contributed by atoms with Crippen LogP contribution in [0.3, 0.4) is 0 Å². The summed E-state index contributed by atoms with van der Waals surface area (Å²) < 4.78 is 1.68. The molecule has 35 heavy (non-hydrogen) atoms. The highest BCUT2D eigenvalue weighted by Gasteiger charge is 2.44. The molecule has 1 spiro atoms. The lowest BCUT2D eigenvalue weighted by atomic mass is 9.72. The Labute approximate surface area is 203 Å². The lowest BCUT2D eigenvalue weighted by Gasteiger charge is -2.54. The maximum Gasteiger partial charge on any atom is 0.257 e. The van der Waals surface area contributed by atoms with Crippen LogP contribution in [-0.4, -0.2) is 69.0 Å². The van der Waals surface area contributed by atoms with E-state index in [-0.39, 0.29) is 5.91 Å². The SMILES string of the molecule is CN1CCC2(CC1)CN(c1cc(C(=O)Nc3cc4cc(-c5cn(C)nn5)ccc4cn3)ccn1)C2. The van der Waals surface area contributed by atoms with Crippen molar-refractivity contribution in [1.29, 1.82) is 0 Å². The van der Waals surface area contributed by atoms with Gasteiger partial charge in [0, 0.05) is 54.5 Å². The van der Waals surface area contributed by atoms with Crippen LogP contribution in [0.5, 0.6) is 0 Å². The predicted molar refractivity (Wildman–Crippen MR) is 135 cm³/mol. The molecular formula is C26H28N8O. The molecule has 0 aliphatic carbocycles. The number of carbonyl (C=O) groups excluding carboxylic acids is 1. The molecule has 2 saturated heterocycles. The Balaban J connectivity index is 1.17. The van der Waals surface area contributed by atoms with Gasteiger partial charge in [-0.2, -0.15) is 0 Å². The van der Waals surface area contributed by atoms with Crippen molar-refractivity contribution in [2.24, 2.45) is 12.5 Å². The van der Waals surface area contributed by atoms with Gasteiger partial charge in [0.25, 0.3) is 5.91 Å². The van der Waals surface area contributed by atoms with Gasteiger partial charge in [0.2, 0.25) is 0 Å². The molecule has 2 fully saturated rings. The van der Waals surface area contributed by atoms with Crippen molar-refractivity contribution in [3.63, 3.8) is 0 Å². The highest BCUT2D eigenvalue weighted by atomic mass is 16.1. The Morgan fingerprint density at radius 3 is 2.60 bits per heavy atom. The molecule has 178 valence electrons. The molecule has 4 aromatic rings. The van der Waals surface area contributed by atoms with Crippen molar-refractivity contribution in [2.75, 3.05) is 43.4 Å². The summed E-state index contributed by atoms with van der Waals surface area (Å²) in [7, 11) is 4.03. The van der Waals surface area contributed by atoms with Gasteiger partial charge in [-0.25, -0.2) is 9.97 Å². The van der Waals surface area contributed by atoms with E-state index in [1.165, 1.54) is 12.8 Å². The fourth-order valence-electron chi connectivity index (χ4n) is 5.10. The first kappa shape index (κ1) is 21.7. The van der Waals surface area contributed by atoms with Crippen molar-refractivity contribution < 1.29 is 4.79 Å². The third-order valence-electron chi connectivity index (χ3n) is 7.29. The summed E-state index contributed by atoms with van der Waals surface area (Å²) in [6.07, 6.45) is 7.81. The van der Waals surface area contributed by atoms with Crippen LogP contribution in [0, 0.1) is 5.41 Å². The van der Waals surface area contributed by atoms with Gasteiger partial charge in [-0.15, -0.1) is 5.10 Å². The van der Waals surface area contributed by atoms with Gasteiger partial charge in [0.1, 0.15) is 17.3 Å². The Bertz CT molecular complexity index is 1400. The number of benzene rings is 1. The molecule has 3 aromatic heterocycles. The highest BCUT2D eigenvalue weighted by Crippen LogP contribution is 2.41. The molecule has 0 unspecified atom stereocenters. The molecule has 0 bridgehead atoms. The summed E-state index contributed by atoms with van der Waals surface area (Å²) in [5.74, 6) is 1.17. The van der Waals surface area contributed by atoms with E-state index in [4.69, 9.17) is 0 Å². The van der Waals surface area contributed by atoms with E-state index < -0.39 is 0 Å². The van der Waals surface area contributed by atoms with E-state index >= 15 is 0 Å². The minimum absolute atomic E-state index is 0.194. The zero-order valence-corrected chi connectivity index (χ0v) is 20.0. The zero-order chi connectivity index (χ0) is 24.0. The van der Waals surface area contributed by atoms with E-state index in [0.29, 0.717) is 16.8 Å². The van der Waals surface area contributed by atoms with Crippen molar-refractivity contribution in [1.82, 2.24) is 29.9 Å². The maximum absolute atomic E-state index is 13.0. The molecule has 9 heteroatoms. The van der Waals surface area contributed by atoms with Crippen LogP contribution < -0.4 is 10.2 Å². The number of piperidine rings is 1. The maximum atomic E-state index is 13.0. The van der Waals surface area contributed by atoms with E-state index in [1.807, 2.05) is 43.6 Å². The van der Waals surface area contributed by atoms with Crippen LogP contribution in [0.1, 0.15) is 23.2 Å². The minimum atomic E-state index is -0.194. The first-order valence-corrected chi connectivity index (χ1v) is 11.9. The number of pyridine rings is 2. The molecule has 0 radical (unpaired) electrons. The molecule has 6 rings (SSSR count). The van der Waals surface area contributed by atoms with Gasteiger partial charge >= 0.3 is 0 Å². The average Bonchev–Trinajstić information content (AvgIpc) is 3.29. The average molecular weight is 469 g/mol. The van der Waals surface area contributed by atoms with Gasteiger partial charge in [0.15, 0.2) is 0 Å². The standard InChI is InChI=1S/C26H28N8O/c1-32-9-6-26(7-10-32)16-34(17-26)24-13-19(5-8-27-24)25(35)29-23-12-21-11-18(3-4-20(21)14-28-23)22-15-33(2)31-30-22/h3-5,8,11-15H,6-7,9-10,16-17H2,1-2H3,(H,28,29,35). The van der Waals surface area contributed by atoms with Crippen LogP contribution in [0.25, 0.3) is 22.0 Å². The quantitative estimate of drug-likeness (QED) is 0.492. The molecule has 0 atom stereocenters.